The van der Waals surface area contributed by atoms with Crippen LogP contribution in [-0.4, -0.2) is 28.6 Å². The summed E-state index contributed by atoms with van der Waals surface area (Å²) in [4.78, 5) is 22.5. The van der Waals surface area contributed by atoms with Gasteiger partial charge in [0.05, 0.1) is 18.2 Å². The Balaban J connectivity index is 2.96. The number of nitrogens with zero attached hydrogens (tertiary/aromatic N) is 1. The molecule has 0 aliphatic carbocycles. The maximum absolute atomic E-state index is 12.0. The van der Waals surface area contributed by atoms with E-state index in [9.17, 15) is 9.59 Å². The van der Waals surface area contributed by atoms with E-state index in [0.29, 0.717) is 18.9 Å². The molecule has 0 radical (unpaired) electrons. The summed E-state index contributed by atoms with van der Waals surface area (Å²) >= 11 is 0. The summed E-state index contributed by atoms with van der Waals surface area (Å²) in [7, 11) is 0. The first-order valence-corrected chi connectivity index (χ1v) is 6.24. The molecule has 0 spiro atoms. The molecule has 0 unspecified atom stereocenters. The third-order valence-corrected chi connectivity index (χ3v) is 2.58. The third-order valence-electron chi connectivity index (χ3n) is 2.58. The molecule has 0 amide bonds. The standard InChI is InChI=1S/C15H15NO5/c1-10-4-5-14(21-7-3-2-6-16)11(8-10)12(17)9-13(18)15(19)20/h4-5,8-9,18H,2-3,7H2,1H3,(H,19,20). The third kappa shape index (κ3) is 4.99. The number of carboxylic acids is 1. The fraction of sp³-hybridized carbons (Fsp3) is 0.267. The lowest BCUT2D eigenvalue weighted by molar-refractivity contribution is -0.135. The van der Waals surface area contributed by atoms with E-state index in [1.807, 2.05) is 6.07 Å². The van der Waals surface area contributed by atoms with Crippen molar-refractivity contribution in [3.8, 4) is 11.8 Å². The number of aliphatic carboxylic acids is 1. The van der Waals surface area contributed by atoms with Crippen LogP contribution in [0, 0.1) is 18.3 Å². The van der Waals surface area contributed by atoms with Gasteiger partial charge in [-0.15, -0.1) is 0 Å². The van der Waals surface area contributed by atoms with Crippen molar-refractivity contribution in [3.05, 3.63) is 41.2 Å². The fourth-order valence-electron chi connectivity index (χ4n) is 1.56. The molecule has 0 atom stereocenters. The van der Waals surface area contributed by atoms with E-state index in [2.05, 4.69) is 0 Å². The minimum atomic E-state index is -1.58. The van der Waals surface area contributed by atoms with Crippen LogP contribution in [0.15, 0.2) is 30.0 Å². The van der Waals surface area contributed by atoms with E-state index in [1.54, 1.807) is 25.1 Å². The molecule has 6 nitrogen and oxygen atoms in total. The number of carbonyl (C=O) groups is 2. The molecule has 21 heavy (non-hydrogen) atoms. The molecule has 0 fully saturated rings. The summed E-state index contributed by atoms with van der Waals surface area (Å²) in [6.07, 6.45) is 1.50. The number of nitriles is 1. The zero-order chi connectivity index (χ0) is 15.8. The first-order chi connectivity index (χ1) is 9.95. The van der Waals surface area contributed by atoms with Crippen LogP contribution in [0.1, 0.15) is 28.8 Å². The number of ketones is 1. The van der Waals surface area contributed by atoms with E-state index in [4.69, 9.17) is 20.2 Å². The SMILES string of the molecule is Cc1ccc(OCCCC#N)c(C(=O)C=C(O)C(=O)O)c1. The summed E-state index contributed by atoms with van der Waals surface area (Å²) in [6.45, 7) is 2.04. The van der Waals surface area contributed by atoms with Crippen LogP contribution in [0.5, 0.6) is 5.75 Å². The van der Waals surface area contributed by atoms with Gasteiger partial charge in [-0.2, -0.15) is 5.26 Å². The lowest BCUT2D eigenvalue weighted by Gasteiger charge is -2.10. The van der Waals surface area contributed by atoms with Crippen molar-refractivity contribution in [2.75, 3.05) is 6.61 Å². The molecule has 0 bridgehead atoms. The molecular weight excluding hydrogens is 274 g/mol. The van der Waals surface area contributed by atoms with E-state index >= 15 is 0 Å². The average molecular weight is 289 g/mol. The molecule has 0 aliphatic rings. The minimum absolute atomic E-state index is 0.166. The number of carbonyl (C=O) groups excluding carboxylic acids is 1. The monoisotopic (exact) mass is 289 g/mol. The first-order valence-electron chi connectivity index (χ1n) is 6.24. The van der Waals surface area contributed by atoms with Gasteiger partial charge in [0.15, 0.2) is 5.78 Å². The maximum Gasteiger partial charge on any atom is 0.371 e. The summed E-state index contributed by atoms with van der Waals surface area (Å²) in [5.41, 5.74) is 0.964. The molecule has 0 saturated carbocycles. The van der Waals surface area contributed by atoms with Gasteiger partial charge in [-0.3, -0.25) is 4.79 Å². The van der Waals surface area contributed by atoms with E-state index in [1.165, 1.54) is 0 Å². The number of aliphatic hydroxyl groups excluding tert-OH is 1. The number of benzene rings is 1. The number of ether oxygens (including phenoxy) is 1. The van der Waals surface area contributed by atoms with Crippen LogP contribution >= 0.6 is 0 Å². The van der Waals surface area contributed by atoms with Gasteiger partial charge in [0, 0.05) is 12.5 Å². The predicted molar refractivity (Wildman–Crippen MR) is 74.2 cm³/mol. The number of rotatable bonds is 7. The van der Waals surface area contributed by atoms with Crippen molar-refractivity contribution in [1.29, 1.82) is 5.26 Å². The Bertz CT molecular complexity index is 613. The normalized spacial score (nSPS) is 10.8. The number of hydrogen-bond donors (Lipinski definition) is 2. The zero-order valence-corrected chi connectivity index (χ0v) is 11.5. The van der Waals surface area contributed by atoms with Gasteiger partial charge in [0.25, 0.3) is 0 Å². The van der Waals surface area contributed by atoms with Crippen molar-refractivity contribution < 1.29 is 24.5 Å². The van der Waals surface area contributed by atoms with Crippen LogP contribution in [0.3, 0.4) is 0 Å². The van der Waals surface area contributed by atoms with E-state index < -0.39 is 17.5 Å². The molecule has 0 aromatic heterocycles. The molecular formula is C15H15NO5. The second-order valence-electron chi connectivity index (χ2n) is 4.31. The van der Waals surface area contributed by atoms with Gasteiger partial charge < -0.3 is 14.9 Å². The second-order valence-corrected chi connectivity index (χ2v) is 4.31. The van der Waals surface area contributed by atoms with Gasteiger partial charge in [0.1, 0.15) is 5.75 Å². The number of unbranched alkanes of at least 4 members (excludes halogenated alkanes) is 1. The van der Waals surface area contributed by atoms with Crippen LogP contribution in [-0.2, 0) is 4.79 Å². The summed E-state index contributed by atoms with van der Waals surface area (Å²) < 4.78 is 5.43. The molecule has 0 saturated heterocycles. The fourth-order valence-corrected chi connectivity index (χ4v) is 1.56. The minimum Gasteiger partial charge on any atom is -0.502 e. The van der Waals surface area contributed by atoms with Gasteiger partial charge in [-0.1, -0.05) is 11.6 Å². The smallest absolute Gasteiger partial charge is 0.371 e. The largest absolute Gasteiger partial charge is 0.502 e. The second kappa shape index (κ2) is 7.70. The Hall–Kier alpha value is -2.81. The predicted octanol–water partition coefficient (Wildman–Crippen LogP) is 2.39. The van der Waals surface area contributed by atoms with Gasteiger partial charge >= 0.3 is 5.97 Å². The number of allylic oxidation sites excluding steroid dienone is 1. The molecule has 1 aromatic rings. The quantitative estimate of drug-likeness (QED) is 0.345. The summed E-state index contributed by atoms with van der Waals surface area (Å²) in [6, 6.07) is 6.88. The number of aliphatic hydroxyl groups is 1. The number of hydrogen-bond acceptors (Lipinski definition) is 5. The summed E-state index contributed by atoms with van der Waals surface area (Å²) in [5.74, 6) is -2.98. The topological polar surface area (TPSA) is 108 Å². The van der Waals surface area contributed by atoms with E-state index in [0.717, 1.165) is 5.56 Å². The number of carboxylic acid groups (broad SMARTS) is 1. The van der Waals surface area contributed by atoms with Crippen molar-refractivity contribution in [2.24, 2.45) is 0 Å². The summed E-state index contributed by atoms with van der Waals surface area (Å²) in [5, 5.41) is 26.1. The molecule has 1 aromatic carbocycles. The van der Waals surface area contributed by atoms with Crippen molar-refractivity contribution in [3.63, 3.8) is 0 Å². The highest BCUT2D eigenvalue weighted by Gasteiger charge is 2.14. The van der Waals surface area contributed by atoms with Crippen LogP contribution in [0.4, 0.5) is 0 Å². The number of aryl methyl sites for hydroxylation is 1. The van der Waals surface area contributed by atoms with Gasteiger partial charge in [-0.25, -0.2) is 4.79 Å². The first kappa shape index (κ1) is 16.2. The Morgan fingerprint density at radius 3 is 2.71 bits per heavy atom. The van der Waals surface area contributed by atoms with Crippen molar-refractivity contribution in [2.45, 2.75) is 19.8 Å². The highest BCUT2D eigenvalue weighted by molar-refractivity contribution is 6.09. The zero-order valence-electron chi connectivity index (χ0n) is 11.5. The van der Waals surface area contributed by atoms with Crippen molar-refractivity contribution >= 4 is 11.8 Å². The van der Waals surface area contributed by atoms with E-state index in [-0.39, 0.29) is 17.9 Å². The highest BCUT2D eigenvalue weighted by Crippen LogP contribution is 2.21. The Labute approximate surface area is 121 Å². The molecule has 0 heterocycles. The highest BCUT2D eigenvalue weighted by atomic mass is 16.5. The average Bonchev–Trinajstić information content (AvgIpc) is 2.44. The van der Waals surface area contributed by atoms with Crippen molar-refractivity contribution in [1.82, 2.24) is 0 Å². The Morgan fingerprint density at radius 1 is 1.38 bits per heavy atom. The van der Waals surface area contributed by atoms with Gasteiger partial charge in [-0.05, 0) is 25.5 Å². The lowest BCUT2D eigenvalue weighted by atomic mass is 10.1. The maximum atomic E-state index is 12.0. The lowest BCUT2D eigenvalue weighted by Crippen LogP contribution is -2.07. The molecule has 1 rings (SSSR count). The Morgan fingerprint density at radius 2 is 2.10 bits per heavy atom. The van der Waals surface area contributed by atoms with Crippen LogP contribution in [0.2, 0.25) is 0 Å². The molecule has 6 heteroatoms. The Kier molecular flexibility index (Phi) is 5.96. The molecule has 0 aliphatic heterocycles. The van der Waals surface area contributed by atoms with Crippen LogP contribution in [0.25, 0.3) is 0 Å². The van der Waals surface area contributed by atoms with Gasteiger partial charge in [0.2, 0.25) is 5.76 Å². The van der Waals surface area contributed by atoms with Crippen LogP contribution < -0.4 is 4.74 Å². The molecule has 2 N–H and O–H groups in total. The molecule has 110 valence electrons.